The Labute approximate surface area is 130 Å². The highest BCUT2D eigenvalue weighted by molar-refractivity contribution is 5.96. The molecule has 22 heavy (non-hydrogen) atoms. The van der Waals surface area contributed by atoms with E-state index in [0.717, 1.165) is 24.5 Å². The lowest BCUT2D eigenvalue weighted by Gasteiger charge is -2.34. The van der Waals surface area contributed by atoms with Gasteiger partial charge in [0, 0.05) is 23.3 Å². The van der Waals surface area contributed by atoms with Gasteiger partial charge in [-0.2, -0.15) is 9.61 Å². The average Bonchev–Trinajstić information content (AvgIpc) is 3.01. The van der Waals surface area contributed by atoms with Crippen molar-refractivity contribution in [2.75, 3.05) is 18.1 Å². The Kier molecular flexibility index (Phi) is 3.34. The van der Waals surface area contributed by atoms with Crippen LogP contribution in [-0.4, -0.2) is 39.3 Å². The Morgan fingerprint density at radius 2 is 2.14 bits per heavy atom. The van der Waals surface area contributed by atoms with E-state index in [0.29, 0.717) is 17.8 Å². The number of hydrogen-bond acceptors (Lipinski definition) is 5. The van der Waals surface area contributed by atoms with E-state index >= 15 is 0 Å². The lowest BCUT2D eigenvalue weighted by atomic mass is 10.1. The van der Waals surface area contributed by atoms with Gasteiger partial charge in [-0.1, -0.05) is 0 Å². The summed E-state index contributed by atoms with van der Waals surface area (Å²) in [6, 6.07) is 0. The standard InChI is InChI=1S/C16H22N4O2/c1-6-22-15(21)12-9-17-20-13(12)18-10(2)11-7-8-19(14(11)20)16(3,4)5/h9H,6-8H2,1-5H3. The third kappa shape index (κ3) is 2.14. The second kappa shape index (κ2) is 4.97. The van der Waals surface area contributed by atoms with Gasteiger partial charge >= 0.3 is 5.97 Å². The summed E-state index contributed by atoms with van der Waals surface area (Å²) in [6.45, 7) is 11.6. The number of carbonyl (C=O) groups is 1. The molecule has 0 fully saturated rings. The lowest BCUT2D eigenvalue weighted by Crippen LogP contribution is -2.41. The largest absolute Gasteiger partial charge is 0.462 e. The number of nitrogens with zero attached hydrogens (tertiary/aromatic N) is 4. The molecule has 0 aliphatic carbocycles. The fourth-order valence-electron chi connectivity index (χ4n) is 3.03. The van der Waals surface area contributed by atoms with Crippen LogP contribution in [0.25, 0.3) is 5.65 Å². The van der Waals surface area contributed by atoms with Crippen molar-refractivity contribution in [1.82, 2.24) is 14.6 Å². The van der Waals surface area contributed by atoms with E-state index in [-0.39, 0.29) is 11.5 Å². The van der Waals surface area contributed by atoms with Gasteiger partial charge in [0.25, 0.3) is 0 Å². The summed E-state index contributed by atoms with van der Waals surface area (Å²) in [7, 11) is 0. The van der Waals surface area contributed by atoms with Gasteiger partial charge in [-0.05, 0) is 41.0 Å². The van der Waals surface area contributed by atoms with Crippen LogP contribution in [0.2, 0.25) is 0 Å². The fourth-order valence-corrected chi connectivity index (χ4v) is 3.03. The molecule has 2 aromatic rings. The summed E-state index contributed by atoms with van der Waals surface area (Å²) in [5.41, 5.74) is 3.16. The number of aromatic nitrogens is 3. The first-order valence-corrected chi connectivity index (χ1v) is 7.66. The minimum atomic E-state index is -0.371. The van der Waals surface area contributed by atoms with Crippen molar-refractivity contribution in [1.29, 1.82) is 0 Å². The topological polar surface area (TPSA) is 59.7 Å². The van der Waals surface area contributed by atoms with E-state index < -0.39 is 0 Å². The molecule has 0 unspecified atom stereocenters. The average molecular weight is 302 g/mol. The molecule has 0 saturated heterocycles. The molecule has 1 aliphatic rings. The molecule has 0 aromatic carbocycles. The van der Waals surface area contributed by atoms with Gasteiger partial charge in [0.05, 0.1) is 12.8 Å². The van der Waals surface area contributed by atoms with Crippen LogP contribution in [0.4, 0.5) is 5.82 Å². The maximum atomic E-state index is 12.1. The van der Waals surface area contributed by atoms with Crippen LogP contribution in [0.3, 0.4) is 0 Å². The smallest absolute Gasteiger partial charge is 0.343 e. The van der Waals surface area contributed by atoms with Crippen molar-refractivity contribution in [3.63, 3.8) is 0 Å². The second-order valence-corrected chi connectivity index (χ2v) is 6.59. The minimum Gasteiger partial charge on any atom is -0.462 e. The van der Waals surface area contributed by atoms with Gasteiger partial charge < -0.3 is 9.64 Å². The molecule has 0 saturated carbocycles. The summed E-state index contributed by atoms with van der Waals surface area (Å²) in [4.78, 5) is 19.0. The van der Waals surface area contributed by atoms with Crippen LogP contribution in [0.15, 0.2) is 6.20 Å². The first-order valence-electron chi connectivity index (χ1n) is 7.66. The number of aryl methyl sites for hydroxylation is 1. The van der Waals surface area contributed by atoms with Crippen molar-refractivity contribution >= 4 is 17.4 Å². The zero-order valence-electron chi connectivity index (χ0n) is 13.8. The van der Waals surface area contributed by atoms with Crippen LogP contribution < -0.4 is 4.90 Å². The molecule has 3 rings (SSSR count). The van der Waals surface area contributed by atoms with Crippen molar-refractivity contribution in [2.45, 2.75) is 46.6 Å². The van der Waals surface area contributed by atoms with Crippen molar-refractivity contribution in [3.8, 4) is 0 Å². The Morgan fingerprint density at radius 1 is 1.41 bits per heavy atom. The Bertz CT molecular complexity index is 743. The maximum absolute atomic E-state index is 12.1. The van der Waals surface area contributed by atoms with Gasteiger partial charge in [0.15, 0.2) is 5.65 Å². The highest BCUT2D eigenvalue weighted by Crippen LogP contribution is 2.35. The van der Waals surface area contributed by atoms with Gasteiger partial charge in [0.2, 0.25) is 0 Å². The van der Waals surface area contributed by atoms with Gasteiger partial charge in [-0.25, -0.2) is 9.78 Å². The molecule has 0 atom stereocenters. The molecule has 1 aliphatic heterocycles. The molecule has 6 heteroatoms. The Balaban J connectivity index is 2.22. The number of esters is 1. The number of fused-ring (bicyclic) bond motifs is 3. The number of hydrogen-bond donors (Lipinski definition) is 0. The van der Waals surface area contributed by atoms with E-state index in [1.807, 2.05) is 6.92 Å². The van der Waals surface area contributed by atoms with Gasteiger partial charge in [0.1, 0.15) is 11.4 Å². The highest BCUT2D eigenvalue weighted by Gasteiger charge is 2.33. The number of ether oxygens (including phenoxy) is 1. The Morgan fingerprint density at radius 3 is 2.77 bits per heavy atom. The predicted molar refractivity (Wildman–Crippen MR) is 84.5 cm³/mol. The quantitative estimate of drug-likeness (QED) is 0.797. The zero-order valence-corrected chi connectivity index (χ0v) is 13.8. The van der Waals surface area contributed by atoms with Gasteiger partial charge in [-0.15, -0.1) is 0 Å². The van der Waals surface area contributed by atoms with Crippen LogP contribution in [0.1, 0.15) is 49.3 Å². The molecule has 0 amide bonds. The first kappa shape index (κ1) is 14.8. The maximum Gasteiger partial charge on any atom is 0.343 e. The van der Waals surface area contributed by atoms with E-state index in [9.17, 15) is 4.79 Å². The van der Waals surface area contributed by atoms with Crippen LogP contribution >= 0.6 is 0 Å². The summed E-state index contributed by atoms with van der Waals surface area (Å²) >= 11 is 0. The van der Waals surface area contributed by atoms with Crippen LogP contribution in [-0.2, 0) is 11.2 Å². The van der Waals surface area contributed by atoms with E-state index in [1.165, 1.54) is 5.56 Å². The molecule has 0 N–H and O–H groups in total. The molecule has 0 radical (unpaired) electrons. The summed E-state index contributed by atoms with van der Waals surface area (Å²) in [6.07, 6.45) is 2.51. The molecular weight excluding hydrogens is 280 g/mol. The van der Waals surface area contributed by atoms with Crippen molar-refractivity contribution in [3.05, 3.63) is 23.0 Å². The normalized spacial score (nSPS) is 14.5. The SMILES string of the molecule is CCOC(=O)c1cnn2c3c(c(C)nc12)CCN3C(C)(C)C. The number of rotatable bonds is 2. The summed E-state index contributed by atoms with van der Waals surface area (Å²) < 4.78 is 6.89. The third-order valence-electron chi connectivity index (χ3n) is 4.07. The predicted octanol–water partition coefficient (Wildman–Crippen LogP) is 2.38. The highest BCUT2D eigenvalue weighted by atomic mass is 16.5. The van der Waals surface area contributed by atoms with E-state index in [1.54, 1.807) is 17.6 Å². The summed E-state index contributed by atoms with van der Waals surface area (Å²) in [5.74, 6) is 0.676. The van der Waals surface area contributed by atoms with Crippen LogP contribution in [0, 0.1) is 6.92 Å². The summed E-state index contributed by atoms with van der Waals surface area (Å²) in [5, 5.41) is 4.41. The number of carbonyl (C=O) groups excluding carboxylic acids is 1. The van der Waals surface area contributed by atoms with E-state index in [2.05, 4.69) is 35.8 Å². The molecule has 2 aromatic heterocycles. The molecular formula is C16H22N4O2. The molecule has 0 bridgehead atoms. The molecule has 3 heterocycles. The monoisotopic (exact) mass is 302 g/mol. The third-order valence-corrected chi connectivity index (χ3v) is 4.07. The minimum absolute atomic E-state index is 0.0119. The van der Waals surface area contributed by atoms with Crippen molar-refractivity contribution < 1.29 is 9.53 Å². The molecule has 0 spiro atoms. The van der Waals surface area contributed by atoms with E-state index in [4.69, 9.17) is 4.74 Å². The van der Waals surface area contributed by atoms with Gasteiger partial charge in [-0.3, -0.25) is 0 Å². The fraction of sp³-hybridized carbons (Fsp3) is 0.562. The van der Waals surface area contributed by atoms with Crippen molar-refractivity contribution in [2.24, 2.45) is 0 Å². The lowest BCUT2D eigenvalue weighted by molar-refractivity contribution is 0.0528. The second-order valence-electron chi connectivity index (χ2n) is 6.59. The first-order chi connectivity index (χ1) is 10.3. The zero-order chi connectivity index (χ0) is 16.1. The molecule has 6 nitrogen and oxygen atoms in total. The Hall–Kier alpha value is -2.11. The number of anilines is 1. The van der Waals surface area contributed by atoms with Crippen LogP contribution in [0.5, 0.6) is 0 Å². The molecule has 118 valence electrons.